The summed E-state index contributed by atoms with van der Waals surface area (Å²) < 4.78 is 60.9. The fourth-order valence-corrected chi connectivity index (χ4v) is 5.81. The molecule has 3 aromatic rings. The predicted octanol–water partition coefficient (Wildman–Crippen LogP) is 7.77. The number of aromatic carboxylic acids is 1. The Labute approximate surface area is 236 Å². The van der Waals surface area contributed by atoms with Crippen LogP contribution < -0.4 is 4.74 Å². The summed E-state index contributed by atoms with van der Waals surface area (Å²) in [7, 11) is 1.23. The Kier molecular flexibility index (Phi) is 8.31. The molecule has 1 aliphatic carbocycles. The third-order valence-electron chi connectivity index (χ3n) is 7.68. The largest absolute Gasteiger partial charge is 0.496 e. The molecule has 0 aromatic heterocycles. The first-order valence-corrected chi connectivity index (χ1v) is 13.6. The molecular weight excluding hydrogens is 534 g/mol. The minimum atomic E-state index is -4.64. The van der Waals surface area contributed by atoms with Gasteiger partial charge in [0.05, 0.1) is 19.3 Å². The van der Waals surface area contributed by atoms with E-state index in [0.29, 0.717) is 36.8 Å². The van der Waals surface area contributed by atoms with E-state index >= 15 is 0 Å². The highest BCUT2D eigenvalue weighted by atomic mass is 19.4. The van der Waals surface area contributed by atoms with E-state index in [1.54, 1.807) is 18.2 Å². The summed E-state index contributed by atoms with van der Waals surface area (Å²) in [5.41, 5.74) is 5.09. The first kappa shape index (κ1) is 28.6. The van der Waals surface area contributed by atoms with Crippen LogP contribution in [-0.4, -0.2) is 49.4 Å². The number of methoxy groups -OCH3 is 1. The van der Waals surface area contributed by atoms with Crippen molar-refractivity contribution in [1.29, 1.82) is 0 Å². The molecular formula is C33H31F4NO3. The first-order chi connectivity index (χ1) is 19.7. The van der Waals surface area contributed by atoms with Crippen molar-refractivity contribution in [1.82, 2.24) is 4.90 Å². The molecule has 0 unspecified atom stereocenters. The van der Waals surface area contributed by atoms with Crippen LogP contribution >= 0.6 is 0 Å². The summed E-state index contributed by atoms with van der Waals surface area (Å²) in [5.74, 6) is -1.29. The highest BCUT2D eigenvalue weighted by Gasteiger charge is 2.38. The van der Waals surface area contributed by atoms with E-state index in [4.69, 9.17) is 4.74 Å². The Bertz CT molecular complexity index is 1500. The van der Waals surface area contributed by atoms with Gasteiger partial charge in [-0.2, -0.15) is 13.2 Å². The van der Waals surface area contributed by atoms with Gasteiger partial charge in [-0.05, 0) is 88.4 Å². The average Bonchev–Trinajstić information content (AvgIpc) is 3.12. The Balaban J connectivity index is 1.63. The van der Waals surface area contributed by atoms with Crippen molar-refractivity contribution in [2.75, 3.05) is 33.4 Å². The fraction of sp³-hybridized carbons (Fsp3) is 0.303. The van der Waals surface area contributed by atoms with Crippen LogP contribution in [0.15, 0.2) is 66.2 Å². The van der Waals surface area contributed by atoms with Crippen LogP contribution in [0.1, 0.15) is 63.0 Å². The Morgan fingerprint density at radius 3 is 2.44 bits per heavy atom. The molecule has 0 bridgehead atoms. The second-order valence-corrected chi connectivity index (χ2v) is 10.4. The van der Waals surface area contributed by atoms with Gasteiger partial charge in [-0.1, -0.05) is 48.5 Å². The van der Waals surface area contributed by atoms with Gasteiger partial charge in [-0.15, -0.1) is 0 Å². The lowest BCUT2D eigenvalue weighted by molar-refractivity contribution is -0.138. The summed E-state index contributed by atoms with van der Waals surface area (Å²) in [6, 6.07) is 16.9. The number of aryl methyl sites for hydroxylation is 1. The Morgan fingerprint density at radius 1 is 1.02 bits per heavy atom. The molecule has 2 aliphatic rings. The number of hydrogen-bond acceptors (Lipinski definition) is 3. The molecule has 0 spiro atoms. The molecule has 1 fully saturated rings. The molecule has 1 saturated heterocycles. The van der Waals surface area contributed by atoms with Crippen LogP contribution in [0.4, 0.5) is 17.6 Å². The smallest absolute Gasteiger partial charge is 0.420 e. The topological polar surface area (TPSA) is 49.8 Å². The van der Waals surface area contributed by atoms with Gasteiger partial charge in [0.25, 0.3) is 0 Å². The zero-order valence-electron chi connectivity index (χ0n) is 22.7. The second-order valence-electron chi connectivity index (χ2n) is 10.4. The monoisotopic (exact) mass is 565 g/mol. The van der Waals surface area contributed by atoms with E-state index in [1.165, 1.54) is 30.9 Å². The molecule has 0 saturated carbocycles. The van der Waals surface area contributed by atoms with Crippen LogP contribution in [0.5, 0.6) is 5.75 Å². The molecule has 8 heteroatoms. The molecule has 0 atom stereocenters. The zero-order valence-corrected chi connectivity index (χ0v) is 22.7. The number of carboxylic acids is 1. The summed E-state index contributed by atoms with van der Waals surface area (Å²) in [6.45, 7) is 2.01. The standard InChI is InChI=1S/C33H31F4NO3/c1-41-29-8-3-7-28(31(29)33(35,36)37)27-6-2-5-24-18-25(32(39)40)13-14-26(24)30(27)23-11-9-21(10-12-23)17-22-19-38(20-22)16-4-15-34/h3,7-14,17-18H,2,4-6,15-16,19-20H2,1H3,(H,39,40). The van der Waals surface area contributed by atoms with E-state index in [1.807, 2.05) is 24.3 Å². The third-order valence-corrected chi connectivity index (χ3v) is 7.68. The molecule has 41 heavy (non-hydrogen) atoms. The van der Waals surface area contributed by atoms with Gasteiger partial charge in [0.1, 0.15) is 11.3 Å². The number of carbonyl (C=O) groups is 1. The number of allylic oxidation sites excluding steroid dienone is 1. The number of nitrogens with zero attached hydrogens (tertiary/aromatic N) is 1. The van der Waals surface area contributed by atoms with Crippen molar-refractivity contribution < 1.29 is 32.2 Å². The Hall–Kier alpha value is -3.91. The maximum Gasteiger partial charge on any atom is 0.420 e. The van der Waals surface area contributed by atoms with Crippen molar-refractivity contribution in [2.45, 2.75) is 31.9 Å². The minimum absolute atomic E-state index is 0.0658. The lowest BCUT2D eigenvalue weighted by Gasteiger charge is -2.33. The number of benzene rings is 3. The van der Waals surface area contributed by atoms with E-state index in [0.717, 1.165) is 41.9 Å². The van der Waals surface area contributed by atoms with Gasteiger partial charge in [0, 0.05) is 19.6 Å². The number of carboxylic acid groups (broad SMARTS) is 1. The van der Waals surface area contributed by atoms with Crippen molar-refractivity contribution >= 4 is 23.2 Å². The summed E-state index contributed by atoms with van der Waals surface area (Å²) in [5, 5.41) is 9.56. The lowest BCUT2D eigenvalue weighted by atomic mass is 9.85. The van der Waals surface area contributed by atoms with E-state index in [-0.39, 0.29) is 23.6 Å². The van der Waals surface area contributed by atoms with Crippen LogP contribution in [-0.2, 0) is 12.6 Å². The highest BCUT2D eigenvalue weighted by Crippen LogP contribution is 2.47. The van der Waals surface area contributed by atoms with E-state index in [9.17, 15) is 27.5 Å². The SMILES string of the molecule is COc1cccc(C2=C(c3ccc(C=C4CN(CCCF)C4)cc3)c3ccc(C(=O)O)cc3CCC2)c1C(F)(F)F. The van der Waals surface area contributed by atoms with E-state index < -0.39 is 17.7 Å². The van der Waals surface area contributed by atoms with Crippen LogP contribution in [0.25, 0.3) is 17.2 Å². The van der Waals surface area contributed by atoms with Crippen LogP contribution in [0, 0.1) is 0 Å². The van der Waals surface area contributed by atoms with Crippen molar-refractivity contribution in [3.8, 4) is 5.75 Å². The summed E-state index contributed by atoms with van der Waals surface area (Å²) in [4.78, 5) is 13.9. The highest BCUT2D eigenvalue weighted by molar-refractivity contribution is 6.01. The maximum absolute atomic E-state index is 14.4. The number of likely N-dealkylation sites (tertiary alicyclic amines) is 1. The number of fused-ring (bicyclic) bond motifs is 1. The molecule has 1 aliphatic heterocycles. The number of hydrogen-bond donors (Lipinski definition) is 1. The first-order valence-electron chi connectivity index (χ1n) is 13.6. The Morgan fingerprint density at radius 2 is 1.78 bits per heavy atom. The van der Waals surface area contributed by atoms with Crippen molar-refractivity contribution in [3.05, 3.63) is 105 Å². The number of ether oxygens (including phenoxy) is 1. The number of rotatable bonds is 8. The van der Waals surface area contributed by atoms with Crippen molar-refractivity contribution in [3.63, 3.8) is 0 Å². The molecule has 0 amide bonds. The fourth-order valence-electron chi connectivity index (χ4n) is 5.81. The predicted molar refractivity (Wildman–Crippen MR) is 152 cm³/mol. The maximum atomic E-state index is 14.4. The molecule has 1 heterocycles. The van der Waals surface area contributed by atoms with Gasteiger partial charge >= 0.3 is 12.1 Å². The van der Waals surface area contributed by atoms with Crippen molar-refractivity contribution in [2.24, 2.45) is 0 Å². The van der Waals surface area contributed by atoms with Gasteiger partial charge in [0.15, 0.2) is 0 Å². The zero-order chi connectivity index (χ0) is 29.1. The molecule has 5 rings (SSSR count). The average molecular weight is 566 g/mol. The van der Waals surface area contributed by atoms with Crippen LogP contribution in [0.3, 0.4) is 0 Å². The van der Waals surface area contributed by atoms with Gasteiger partial charge in [-0.3, -0.25) is 9.29 Å². The quantitative estimate of drug-likeness (QED) is 0.284. The summed E-state index contributed by atoms with van der Waals surface area (Å²) in [6.07, 6.45) is -0.542. The van der Waals surface area contributed by atoms with Crippen LogP contribution in [0.2, 0.25) is 0 Å². The van der Waals surface area contributed by atoms with E-state index in [2.05, 4.69) is 11.0 Å². The minimum Gasteiger partial charge on any atom is -0.496 e. The number of alkyl halides is 4. The van der Waals surface area contributed by atoms with Gasteiger partial charge < -0.3 is 9.84 Å². The van der Waals surface area contributed by atoms with Gasteiger partial charge in [-0.25, -0.2) is 4.79 Å². The summed E-state index contributed by atoms with van der Waals surface area (Å²) >= 11 is 0. The molecule has 214 valence electrons. The lowest BCUT2D eigenvalue weighted by Crippen LogP contribution is -2.40. The normalized spacial score (nSPS) is 15.7. The molecule has 4 nitrogen and oxygen atoms in total. The third kappa shape index (κ3) is 6.07. The van der Waals surface area contributed by atoms with Gasteiger partial charge in [0.2, 0.25) is 0 Å². The molecule has 1 N–H and O–H groups in total. The molecule has 0 radical (unpaired) electrons. The number of halogens is 4. The second kappa shape index (κ2) is 11.9. The molecule has 3 aromatic carbocycles.